The first-order valence-electron chi connectivity index (χ1n) is 6.92. The van der Waals surface area contributed by atoms with Crippen molar-refractivity contribution >= 4 is 21.6 Å². The molecule has 1 aromatic heterocycles. The standard InChI is InChI=1S/C15H17BrFN3O2/c1-20-15(21)14(16)13(10-19-20)18-8-2-3-9-22-12-6-4-11(17)5-7-12/h4-7,10,18H,2-3,8-9H2,1H3. The van der Waals surface area contributed by atoms with E-state index in [1.54, 1.807) is 25.4 Å². The zero-order valence-corrected chi connectivity index (χ0v) is 13.8. The van der Waals surface area contributed by atoms with Crippen LogP contribution in [0.4, 0.5) is 10.1 Å². The molecule has 0 amide bonds. The first-order chi connectivity index (χ1) is 10.6. The molecule has 5 nitrogen and oxygen atoms in total. The molecule has 0 aliphatic heterocycles. The normalized spacial score (nSPS) is 10.5. The number of nitrogens with zero attached hydrogens (tertiary/aromatic N) is 2. The summed E-state index contributed by atoms with van der Waals surface area (Å²) in [6.45, 7) is 1.27. The van der Waals surface area contributed by atoms with E-state index in [-0.39, 0.29) is 11.4 Å². The third-order valence-electron chi connectivity index (χ3n) is 3.05. The number of ether oxygens (including phenoxy) is 1. The molecule has 0 bridgehead atoms. The minimum atomic E-state index is -0.273. The zero-order chi connectivity index (χ0) is 15.9. The molecule has 118 valence electrons. The van der Waals surface area contributed by atoms with E-state index in [1.165, 1.54) is 16.8 Å². The zero-order valence-electron chi connectivity index (χ0n) is 12.2. The predicted octanol–water partition coefficient (Wildman–Crippen LogP) is 2.95. The predicted molar refractivity (Wildman–Crippen MR) is 86.8 cm³/mol. The molecule has 0 saturated carbocycles. The van der Waals surface area contributed by atoms with Gasteiger partial charge in [0.15, 0.2) is 0 Å². The van der Waals surface area contributed by atoms with Crippen molar-refractivity contribution in [2.24, 2.45) is 7.05 Å². The summed E-state index contributed by atoms with van der Waals surface area (Å²) in [5, 5.41) is 7.12. The van der Waals surface area contributed by atoms with E-state index in [0.717, 1.165) is 12.8 Å². The third kappa shape index (κ3) is 4.56. The van der Waals surface area contributed by atoms with Crippen LogP contribution in [0.2, 0.25) is 0 Å². The largest absolute Gasteiger partial charge is 0.494 e. The second kappa shape index (κ2) is 7.93. The number of benzene rings is 1. The number of unbranched alkanes of at least 4 members (excludes halogenated alkanes) is 1. The molecule has 0 aliphatic carbocycles. The SMILES string of the molecule is Cn1ncc(NCCCCOc2ccc(F)cc2)c(Br)c1=O. The minimum absolute atomic E-state index is 0.176. The first-order valence-corrected chi connectivity index (χ1v) is 7.71. The van der Waals surface area contributed by atoms with Gasteiger partial charge in [0.25, 0.3) is 5.56 Å². The molecular weight excluding hydrogens is 353 g/mol. The van der Waals surface area contributed by atoms with Crippen LogP contribution in [-0.2, 0) is 7.05 Å². The fraction of sp³-hybridized carbons (Fsp3) is 0.333. The van der Waals surface area contributed by atoms with Gasteiger partial charge in [-0.15, -0.1) is 0 Å². The second-order valence-corrected chi connectivity index (χ2v) is 5.53. The Balaban J connectivity index is 1.68. The van der Waals surface area contributed by atoms with Crippen LogP contribution in [0, 0.1) is 5.82 Å². The third-order valence-corrected chi connectivity index (χ3v) is 3.81. The van der Waals surface area contributed by atoms with E-state index in [0.29, 0.717) is 29.1 Å². The van der Waals surface area contributed by atoms with Crippen molar-refractivity contribution in [2.75, 3.05) is 18.5 Å². The van der Waals surface area contributed by atoms with Gasteiger partial charge in [-0.3, -0.25) is 4.79 Å². The lowest BCUT2D eigenvalue weighted by atomic mass is 10.3. The highest BCUT2D eigenvalue weighted by Gasteiger charge is 2.05. The van der Waals surface area contributed by atoms with Crippen LogP contribution in [0.5, 0.6) is 5.75 Å². The summed E-state index contributed by atoms with van der Waals surface area (Å²) in [5.74, 6) is 0.387. The summed E-state index contributed by atoms with van der Waals surface area (Å²) in [4.78, 5) is 11.7. The number of nitrogens with one attached hydrogen (secondary N) is 1. The van der Waals surface area contributed by atoms with Gasteiger partial charge in [0, 0.05) is 13.6 Å². The van der Waals surface area contributed by atoms with Gasteiger partial charge < -0.3 is 10.1 Å². The Hall–Kier alpha value is -1.89. The van der Waals surface area contributed by atoms with Crippen LogP contribution in [0.3, 0.4) is 0 Å². The second-order valence-electron chi connectivity index (χ2n) is 4.74. The molecule has 22 heavy (non-hydrogen) atoms. The molecule has 0 unspecified atom stereocenters. The van der Waals surface area contributed by atoms with E-state index >= 15 is 0 Å². The molecule has 7 heteroatoms. The van der Waals surface area contributed by atoms with E-state index in [1.807, 2.05) is 0 Å². The Morgan fingerprint density at radius 1 is 1.32 bits per heavy atom. The van der Waals surface area contributed by atoms with E-state index in [9.17, 15) is 9.18 Å². The van der Waals surface area contributed by atoms with Crippen LogP contribution in [-0.4, -0.2) is 22.9 Å². The summed E-state index contributed by atoms with van der Waals surface area (Å²) in [6, 6.07) is 5.96. The molecule has 2 rings (SSSR count). The molecular formula is C15H17BrFN3O2. The number of aromatic nitrogens is 2. The Bertz CT molecular complexity index is 673. The summed E-state index contributed by atoms with van der Waals surface area (Å²) in [5.41, 5.74) is 0.507. The van der Waals surface area contributed by atoms with E-state index in [4.69, 9.17) is 4.74 Å². The molecule has 1 N–H and O–H groups in total. The summed E-state index contributed by atoms with van der Waals surface area (Å²) in [6.07, 6.45) is 3.34. The molecule has 2 aromatic rings. The van der Waals surface area contributed by atoms with Crippen molar-refractivity contribution in [3.8, 4) is 5.75 Å². The van der Waals surface area contributed by atoms with Crippen molar-refractivity contribution in [3.63, 3.8) is 0 Å². The summed E-state index contributed by atoms with van der Waals surface area (Å²) < 4.78 is 20.0. The Kier molecular flexibility index (Phi) is 5.94. The van der Waals surface area contributed by atoms with Gasteiger partial charge in [0.2, 0.25) is 0 Å². The summed E-state index contributed by atoms with van der Waals surface area (Å²) >= 11 is 3.26. The molecule has 0 fully saturated rings. The van der Waals surface area contributed by atoms with Crippen molar-refractivity contribution in [2.45, 2.75) is 12.8 Å². The van der Waals surface area contributed by atoms with Crippen LogP contribution >= 0.6 is 15.9 Å². The number of rotatable bonds is 7. The molecule has 0 spiro atoms. The summed E-state index contributed by atoms with van der Waals surface area (Å²) in [7, 11) is 1.60. The fourth-order valence-corrected chi connectivity index (χ4v) is 2.30. The monoisotopic (exact) mass is 369 g/mol. The molecule has 0 radical (unpaired) electrons. The highest BCUT2D eigenvalue weighted by molar-refractivity contribution is 9.10. The van der Waals surface area contributed by atoms with Crippen molar-refractivity contribution in [1.29, 1.82) is 0 Å². The highest BCUT2D eigenvalue weighted by Crippen LogP contribution is 2.16. The maximum Gasteiger partial charge on any atom is 0.282 e. The molecule has 1 heterocycles. The first kappa shape index (κ1) is 16.5. The fourth-order valence-electron chi connectivity index (χ4n) is 1.80. The van der Waals surface area contributed by atoms with E-state index < -0.39 is 0 Å². The van der Waals surface area contributed by atoms with Crippen molar-refractivity contribution in [3.05, 3.63) is 51.1 Å². The number of aryl methyl sites for hydroxylation is 1. The lowest BCUT2D eigenvalue weighted by Gasteiger charge is -2.09. The van der Waals surface area contributed by atoms with Gasteiger partial charge in [-0.25, -0.2) is 9.07 Å². The number of halogens is 2. The van der Waals surface area contributed by atoms with Crippen LogP contribution in [0.15, 0.2) is 39.7 Å². The van der Waals surface area contributed by atoms with Crippen molar-refractivity contribution in [1.82, 2.24) is 9.78 Å². The van der Waals surface area contributed by atoms with Gasteiger partial charge in [0.1, 0.15) is 16.0 Å². The Morgan fingerprint density at radius 2 is 2.05 bits per heavy atom. The van der Waals surface area contributed by atoms with Gasteiger partial charge in [-0.05, 0) is 53.0 Å². The average molecular weight is 370 g/mol. The number of hydrogen-bond acceptors (Lipinski definition) is 4. The van der Waals surface area contributed by atoms with Crippen molar-refractivity contribution < 1.29 is 9.13 Å². The molecule has 0 atom stereocenters. The molecule has 0 saturated heterocycles. The topological polar surface area (TPSA) is 56.1 Å². The molecule has 1 aromatic carbocycles. The highest BCUT2D eigenvalue weighted by atomic mass is 79.9. The maximum absolute atomic E-state index is 12.7. The Morgan fingerprint density at radius 3 is 2.77 bits per heavy atom. The molecule has 0 aliphatic rings. The number of hydrogen-bond donors (Lipinski definition) is 1. The lowest BCUT2D eigenvalue weighted by molar-refractivity contribution is 0.308. The average Bonchev–Trinajstić information content (AvgIpc) is 2.52. The van der Waals surface area contributed by atoms with Gasteiger partial charge in [-0.1, -0.05) is 0 Å². The van der Waals surface area contributed by atoms with Crippen LogP contribution < -0.4 is 15.6 Å². The van der Waals surface area contributed by atoms with Crippen LogP contribution in [0.25, 0.3) is 0 Å². The quantitative estimate of drug-likeness (QED) is 0.762. The maximum atomic E-state index is 12.7. The smallest absolute Gasteiger partial charge is 0.282 e. The van der Waals surface area contributed by atoms with Gasteiger partial charge in [-0.2, -0.15) is 5.10 Å². The minimum Gasteiger partial charge on any atom is -0.494 e. The van der Waals surface area contributed by atoms with Gasteiger partial charge in [0.05, 0.1) is 18.5 Å². The number of anilines is 1. The Labute approximate surface area is 136 Å². The van der Waals surface area contributed by atoms with Gasteiger partial charge >= 0.3 is 0 Å². The van der Waals surface area contributed by atoms with Crippen LogP contribution in [0.1, 0.15) is 12.8 Å². The van der Waals surface area contributed by atoms with E-state index in [2.05, 4.69) is 26.3 Å². The lowest BCUT2D eigenvalue weighted by Crippen LogP contribution is -2.21.